The summed E-state index contributed by atoms with van der Waals surface area (Å²) in [6.45, 7) is 0. The lowest BCUT2D eigenvalue weighted by Gasteiger charge is -2.07. The van der Waals surface area contributed by atoms with Gasteiger partial charge in [-0.25, -0.2) is 0 Å². The molecule has 0 amide bonds. The molecule has 9 rings (SSSR count). The maximum atomic E-state index is 2.38. The molecule has 42 heavy (non-hydrogen) atoms. The third kappa shape index (κ3) is 3.52. The Morgan fingerprint density at radius 1 is 0.262 bits per heavy atom. The molecule has 9 aromatic rings. The molecular weight excluding hydrogens is 508 g/mol. The van der Waals surface area contributed by atoms with Gasteiger partial charge in [-0.15, -0.1) is 0 Å². The first-order valence-electron chi connectivity index (χ1n) is 14.4. The van der Waals surface area contributed by atoms with Crippen LogP contribution in [-0.2, 0) is 0 Å². The summed E-state index contributed by atoms with van der Waals surface area (Å²) >= 11 is 0. The van der Waals surface area contributed by atoms with Crippen molar-refractivity contribution >= 4 is 65.2 Å². The average molecular weight is 535 g/mol. The molecule has 0 saturated carbocycles. The predicted molar refractivity (Wildman–Crippen MR) is 179 cm³/mol. The lowest BCUT2D eigenvalue weighted by atomic mass is 10.1. The van der Waals surface area contributed by atoms with E-state index in [-0.39, 0.29) is 0 Å². The molecule has 0 radical (unpaired) electrons. The van der Waals surface area contributed by atoms with Crippen molar-refractivity contribution in [3.8, 4) is 11.4 Å². The third-order valence-corrected chi connectivity index (χ3v) is 8.59. The first kappa shape index (κ1) is 23.1. The van der Waals surface area contributed by atoms with Gasteiger partial charge in [-0.3, -0.25) is 0 Å². The van der Waals surface area contributed by atoms with Gasteiger partial charge in [0.2, 0.25) is 0 Å². The van der Waals surface area contributed by atoms with E-state index in [4.69, 9.17) is 0 Å². The van der Waals surface area contributed by atoms with E-state index in [2.05, 4.69) is 167 Å². The number of hydrogen-bond donors (Lipinski definition) is 0. The number of benzene rings is 6. The Labute approximate surface area is 242 Å². The van der Waals surface area contributed by atoms with Gasteiger partial charge in [-0.2, -0.15) is 0 Å². The van der Waals surface area contributed by atoms with Crippen LogP contribution in [0.15, 0.2) is 158 Å². The van der Waals surface area contributed by atoms with E-state index in [0.717, 1.165) is 0 Å². The van der Waals surface area contributed by atoms with Crippen molar-refractivity contribution in [1.29, 1.82) is 0 Å². The highest BCUT2D eigenvalue weighted by Crippen LogP contribution is 2.35. The van der Waals surface area contributed by atoms with Crippen molar-refractivity contribution in [2.75, 3.05) is 0 Å². The van der Waals surface area contributed by atoms with Crippen molar-refractivity contribution in [2.45, 2.75) is 0 Å². The van der Waals surface area contributed by atoms with Gasteiger partial charge >= 0.3 is 0 Å². The third-order valence-electron chi connectivity index (χ3n) is 8.59. The zero-order valence-corrected chi connectivity index (χ0v) is 22.9. The second kappa shape index (κ2) is 8.95. The first-order valence-corrected chi connectivity index (χ1v) is 14.4. The van der Waals surface area contributed by atoms with E-state index in [9.17, 15) is 0 Å². The van der Waals surface area contributed by atoms with Crippen LogP contribution in [-0.4, -0.2) is 9.13 Å². The molecular formula is C40H26N2. The summed E-state index contributed by atoms with van der Waals surface area (Å²) in [7, 11) is 0. The summed E-state index contributed by atoms with van der Waals surface area (Å²) in [6, 6.07) is 57.6. The second-order valence-electron chi connectivity index (χ2n) is 11.1. The summed E-state index contributed by atoms with van der Waals surface area (Å²) in [5.74, 6) is 0. The fourth-order valence-electron chi connectivity index (χ4n) is 6.63. The molecule has 0 fully saturated rings. The van der Waals surface area contributed by atoms with Gasteiger partial charge in [0.05, 0.1) is 22.1 Å². The Morgan fingerprint density at radius 2 is 0.524 bits per heavy atom. The summed E-state index contributed by atoms with van der Waals surface area (Å²) in [4.78, 5) is 0. The van der Waals surface area contributed by atoms with E-state index >= 15 is 0 Å². The maximum Gasteiger partial charge on any atom is 0.0541 e. The van der Waals surface area contributed by atoms with E-state index in [0.29, 0.717) is 0 Å². The van der Waals surface area contributed by atoms with Gasteiger partial charge in [0.15, 0.2) is 0 Å². The van der Waals surface area contributed by atoms with E-state index < -0.39 is 0 Å². The first-order chi connectivity index (χ1) is 20.8. The molecule has 0 N–H and O–H groups in total. The number of aromatic nitrogens is 2. The normalized spacial score (nSPS) is 11.8. The molecule has 0 saturated heterocycles. The average Bonchev–Trinajstić information content (AvgIpc) is 3.54. The van der Waals surface area contributed by atoms with Crippen LogP contribution in [0.25, 0.3) is 76.5 Å². The fraction of sp³-hybridized carbons (Fsp3) is 0. The summed E-state index contributed by atoms with van der Waals surface area (Å²) in [5, 5.41) is 9.81. The largest absolute Gasteiger partial charge is 0.309 e. The standard InChI is InChI=1S/C40H26N2/c1-3-7-31(8-4-1)41-37-19-15-27-11-13-29-17-21-39-35(25-29)36-26-30(18-22-40(36)42(39)32-9-5-2-6-10-32)14-12-28-16-20-38(41)34(24-28)33(37)23-27/h1-26H. The van der Waals surface area contributed by atoms with Gasteiger partial charge < -0.3 is 9.13 Å². The number of nitrogens with zero attached hydrogens (tertiary/aromatic N) is 2. The minimum absolute atomic E-state index is 1.18. The van der Waals surface area contributed by atoms with E-state index in [1.165, 1.54) is 76.5 Å². The highest BCUT2D eigenvalue weighted by molar-refractivity contribution is 6.13. The maximum absolute atomic E-state index is 2.38. The minimum atomic E-state index is 1.18. The molecule has 8 bridgehead atoms. The summed E-state index contributed by atoms with van der Waals surface area (Å²) in [5.41, 5.74) is 7.22. The Balaban J connectivity index is 1.40. The summed E-state index contributed by atoms with van der Waals surface area (Å²) < 4.78 is 4.75. The van der Waals surface area contributed by atoms with Crippen LogP contribution in [0.2, 0.25) is 0 Å². The molecule has 2 heteroatoms. The molecule has 0 aliphatic heterocycles. The summed E-state index contributed by atoms with van der Waals surface area (Å²) in [6.07, 6.45) is 0. The van der Waals surface area contributed by atoms with Crippen LogP contribution < -0.4 is 0 Å². The van der Waals surface area contributed by atoms with Gasteiger partial charge in [0.25, 0.3) is 0 Å². The predicted octanol–water partition coefficient (Wildman–Crippen LogP) is 10.7. The van der Waals surface area contributed by atoms with Gasteiger partial charge in [0, 0.05) is 32.9 Å². The van der Waals surface area contributed by atoms with E-state index in [1.807, 2.05) is 0 Å². The van der Waals surface area contributed by atoms with Gasteiger partial charge in [-0.1, -0.05) is 84.9 Å². The van der Waals surface area contributed by atoms with Crippen LogP contribution in [0.5, 0.6) is 0 Å². The molecule has 7 aromatic carbocycles. The lowest BCUT2D eigenvalue weighted by molar-refractivity contribution is 1.18. The quantitative estimate of drug-likeness (QED) is 0.209. The number of hydrogen-bond acceptors (Lipinski definition) is 0. The van der Waals surface area contributed by atoms with E-state index in [1.54, 1.807) is 0 Å². The molecule has 0 spiro atoms. The number of rotatable bonds is 2. The molecule has 2 heterocycles. The fourth-order valence-corrected chi connectivity index (χ4v) is 6.63. The molecule has 2 nitrogen and oxygen atoms in total. The zero-order valence-electron chi connectivity index (χ0n) is 22.9. The Bertz CT molecular complexity index is 2180. The minimum Gasteiger partial charge on any atom is -0.309 e. The number of fused-ring (bicyclic) bond motifs is 4. The topological polar surface area (TPSA) is 9.86 Å². The van der Waals surface area contributed by atoms with Crippen LogP contribution in [0.4, 0.5) is 0 Å². The molecule has 0 aliphatic carbocycles. The van der Waals surface area contributed by atoms with Crippen LogP contribution >= 0.6 is 0 Å². The van der Waals surface area contributed by atoms with Crippen molar-refractivity contribution in [3.63, 3.8) is 0 Å². The number of para-hydroxylation sites is 2. The lowest BCUT2D eigenvalue weighted by Crippen LogP contribution is -1.92. The molecule has 2 aromatic heterocycles. The van der Waals surface area contributed by atoms with Crippen molar-refractivity contribution in [3.05, 3.63) is 158 Å². The monoisotopic (exact) mass is 534 g/mol. The molecule has 0 unspecified atom stereocenters. The zero-order chi connectivity index (χ0) is 27.6. The van der Waals surface area contributed by atoms with Crippen LogP contribution in [0, 0.1) is 0 Å². The Morgan fingerprint density at radius 3 is 0.810 bits per heavy atom. The van der Waals surface area contributed by atoms with Crippen LogP contribution in [0.3, 0.4) is 0 Å². The second-order valence-corrected chi connectivity index (χ2v) is 11.1. The molecule has 0 atom stereocenters. The van der Waals surface area contributed by atoms with Crippen molar-refractivity contribution in [2.24, 2.45) is 0 Å². The highest BCUT2D eigenvalue weighted by Gasteiger charge is 2.13. The van der Waals surface area contributed by atoms with Gasteiger partial charge in [0.1, 0.15) is 0 Å². The highest BCUT2D eigenvalue weighted by atomic mass is 15.0. The molecule has 196 valence electrons. The van der Waals surface area contributed by atoms with Gasteiger partial charge in [-0.05, 0) is 94.3 Å². The van der Waals surface area contributed by atoms with Crippen LogP contribution in [0.1, 0.15) is 0 Å². The SMILES string of the molecule is c1ccc(-n2c3ccc4ccc5ccc6c(c5)c5cc(ccc7ccc2c(c7)c3c4)ccc5n6-c2ccccc2)cc1. The smallest absolute Gasteiger partial charge is 0.0541 e. The van der Waals surface area contributed by atoms with Crippen molar-refractivity contribution in [1.82, 2.24) is 9.13 Å². The Hall–Kier alpha value is -5.60. The Kier molecular flexibility index (Phi) is 4.93. The molecule has 0 aliphatic rings. The van der Waals surface area contributed by atoms with Crippen molar-refractivity contribution < 1.29 is 0 Å².